The van der Waals surface area contributed by atoms with Gasteiger partial charge < -0.3 is 19.6 Å². The molecule has 0 bridgehead atoms. The van der Waals surface area contributed by atoms with Crippen molar-refractivity contribution in [2.24, 2.45) is 0 Å². The molecular formula is C12H13FN5O6P. The van der Waals surface area contributed by atoms with E-state index in [1.165, 1.54) is 17.2 Å². The van der Waals surface area contributed by atoms with Gasteiger partial charge in [0.25, 0.3) is 0 Å². The lowest BCUT2D eigenvalue weighted by molar-refractivity contribution is -0.0451. The van der Waals surface area contributed by atoms with E-state index in [2.05, 4.69) is 19.5 Å². The number of halogens is 1. The highest BCUT2D eigenvalue weighted by molar-refractivity contribution is 7.46. The molecule has 1 aliphatic heterocycles. The molecule has 1 fully saturated rings. The van der Waals surface area contributed by atoms with Gasteiger partial charge in [0.1, 0.15) is 18.5 Å². The number of hydrogen-bond acceptors (Lipinski definition) is 7. The molecule has 1 aliphatic rings. The molecule has 0 aromatic carbocycles. The molecule has 4 heterocycles. The Morgan fingerprint density at radius 3 is 2.84 bits per heavy atom. The number of phosphoric ester groups is 1. The molecule has 11 nitrogen and oxygen atoms in total. The van der Waals surface area contributed by atoms with Crippen molar-refractivity contribution < 1.29 is 33.1 Å². The fourth-order valence-corrected chi connectivity index (χ4v) is 3.11. The molecule has 0 unspecified atom stereocenters. The molecule has 13 heteroatoms. The number of nitrogens with zero attached hydrogens (tertiary/aromatic N) is 5. The predicted octanol–water partition coefficient (Wildman–Crippen LogP) is -0.215. The Bertz CT molecular complexity index is 971. The largest absolute Gasteiger partial charge is 0.469 e. The van der Waals surface area contributed by atoms with Gasteiger partial charge in [-0.3, -0.25) is 13.5 Å². The summed E-state index contributed by atoms with van der Waals surface area (Å²) in [6, 6.07) is 0. The number of aliphatic hydroxyl groups excluding tert-OH is 1. The third-order valence-electron chi connectivity index (χ3n) is 3.93. The first-order valence-corrected chi connectivity index (χ1v) is 8.70. The average Bonchev–Trinajstić information content (AvgIpc) is 3.23. The maximum atomic E-state index is 14.5. The first-order chi connectivity index (χ1) is 11.8. The Labute approximate surface area is 138 Å². The Hall–Kier alpha value is -1.95. The molecule has 25 heavy (non-hydrogen) atoms. The second-order valence-electron chi connectivity index (χ2n) is 5.51. The van der Waals surface area contributed by atoms with Crippen LogP contribution in [0.5, 0.6) is 0 Å². The molecule has 4 atom stereocenters. The van der Waals surface area contributed by atoms with Gasteiger partial charge in [0.05, 0.1) is 12.9 Å². The first kappa shape index (κ1) is 16.5. The first-order valence-electron chi connectivity index (χ1n) is 7.17. The molecule has 0 radical (unpaired) electrons. The number of alkyl halides is 1. The van der Waals surface area contributed by atoms with Gasteiger partial charge in [-0.05, 0) is 0 Å². The standard InChI is InChI=1S/C12H13FN5O6P/c13-7-9(19)6(3-23-25(20,21)22)24-12(7)18-5-15-8-10-14-1-2-17(10)4-16-11(8)18/h1-2,4-7,9,12,19H,3H2,(H2,20,21,22)/t6-,7+,9-,12-/m1/s1. The van der Waals surface area contributed by atoms with Crippen molar-refractivity contribution in [3.63, 3.8) is 0 Å². The minimum absolute atomic E-state index is 0.301. The highest BCUT2D eigenvalue weighted by atomic mass is 31.2. The summed E-state index contributed by atoms with van der Waals surface area (Å²) in [6.07, 6.45) is 0.0429. The lowest BCUT2D eigenvalue weighted by Gasteiger charge is -2.15. The van der Waals surface area contributed by atoms with Crippen LogP contribution in [0.2, 0.25) is 0 Å². The van der Waals surface area contributed by atoms with E-state index in [-0.39, 0.29) is 0 Å². The van der Waals surface area contributed by atoms with Crippen LogP contribution in [-0.2, 0) is 13.8 Å². The van der Waals surface area contributed by atoms with Crippen LogP contribution in [0.15, 0.2) is 25.0 Å². The Balaban J connectivity index is 1.65. The van der Waals surface area contributed by atoms with Gasteiger partial charge in [-0.1, -0.05) is 0 Å². The molecule has 3 N–H and O–H groups in total. The predicted molar refractivity (Wildman–Crippen MR) is 79.1 cm³/mol. The van der Waals surface area contributed by atoms with Crippen molar-refractivity contribution >= 4 is 24.6 Å². The summed E-state index contributed by atoms with van der Waals surface area (Å²) in [7, 11) is -4.76. The van der Waals surface area contributed by atoms with E-state index >= 15 is 0 Å². The van der Waals surface area contributed by atoms with E-state index in [0.29, 0.717) is 16.8 Å². The van der Waals surface area contributed by atoms with E-state index < -0.39 is 39.0 Å². The lowest BCUT2D eigenvalue weighted by Crippen LogP contribution is -2.31. The van der Waals surface area contributed by atoms with E-state index in [1.54, 1.807) is 16.8 Å². The van der Waals surface area contributed by atoms with Gasteiger partial charge in [0, 0.05) is 12.4 Å². The van der Waals surface area contributed by atoms with Gasteiger partial charge in [-0.25, -0.2) is 23.9 Å². The Morgan fingerprint density at radius 1 is 1.28 bits per heavy atom. The van der Waals surface area contributed by atoms with Gasteiger partial charge in [0.2, 0.25) is 0 Å². The monoisotopic (exact) mass is 373 g/mol. The zero-order valence-electron chi connectivity index (χ0n) is 12.5. The van der Waals surface area contributed by atoms with Gasteiger partial charge in [-0.15, -0.1) is 0 Å². The van der Waals surface area contributed by atoms with Crippen LogP contribution in [0, 0.1) is 0 Å². The second kappa shape index (κ2) is 5.80. The summed E-state index contributed by atoms with van der Waals surface area (Å²) >= 11 is 0. The zero-order chi connectivity index (χ0) is 17.8. The normalized spacial score (nSPS) is 27.5. The molecule has 3 aromatic heterocycles. The molecule has 0 amide bonds. The minimum atomic E-state index is -4.76. The van der Waals surface area contributed by atoms with Crippen LogP contribution in [0.25, 0.3) is 16.8 Å². The van der Waals surface area contributed by atoms with Crippen LogP contribution in [0.3, 0.4) is 0 Å². The smallest absolute Gasteiger partial charge is 0.387 e. The van der Waals surface area contributed by atoms with Gasteiger partial charge >= 0.3 is 7.82 Å². The number of ether oxygens (including phenoxy) is 1. The van der Waals surface area contributed by atoms with Crippen molar-refractivity contribution in [1.29, 1.82) is 0 Å². The molecule has 3 aromatic rings. The summed E-state index contributed by atoms with van der Waals surface area (Å²) in [5.41, 5.74) is 1.25. The summed E-state index contributed by atoms with van der Waals surface area (Å²) in [4.78, 5) is 30.0. The van der Waals surface area contributed by atoms with Crippen molar-refractivity contribution in [2.75, 3.05) is 6.61 Å². The van der Waals surface area contributed by atoms with Crippen molar-refractivity contribution in [3.05, 3.63) is 25.0 Å². The highest BCUT2D eigenvalue weighted by Crippen LogP contribution is 2.39. The average molecular weight is 373 g/mol. The highest BCUT2D eigenvalue weighted by Gasteiger charge is 2.46. The third kappa shape index (κ3) is 2.82. The topological polar surface area (TPSA) is 144 Å². The van der Waals surface area contributed by atoms with Gasteiger partial charge in [0.15, 0.2) is 29.2 Å². The Morgan fingerprint density at radius 2 is 2.08 bits per heavy atom. The summed E-state index contributed by atoms with van der Waals surface area (Å²) in [5.74, 6) is 0. The quantitative estimate of drug-likeness (QED) is 0.529. The number of rotatable bonds is 4. The summed E-state index contributed by atoms with van der Waals surface area (Å²) in [5, 5.41) is 9.93. The number of aromatic nitrogens is 5. The molecule has 4 rings (SSSR count). The number of imidazole rings is 2. The summed E-state index contributed by atoms with van der Waals surface area (Å²) in [6.45, 7) is -0.660. The van der Waals surface area contributed by atoms with Crippen molar-refractivity contribution in [2.45, 2.75) is 24.6 Å². The lowest BCUT2D eigenvalue weighted by atomic mass is 10.1. The Kier molecular flexibility index (Phi) is 3.83. The number of fused-ring (bicyclic) bond motifs is 3. The second-order valence-corrected chi connectivity index (χ2v) is 6.75. The van der Waals surface area contributed by atoms with Crippen LogP contribution >= 0.6 is 7.82 Å². The van der Waals surface area contributed by atoms with Crippen LogP contribution in [-0.4, -0.2) is 63.8 Å². The van der Waals surface area contributed by atoms with E-state index in [1.807, 2.05) is 0 Å². The van der Waals surface area contributed by atoms with Gasteiger partial charge in [-0.2, -0.15) is 0 Å². The molecule has 0 spiro atoms. The van der Waals surface area contributed by atoms with Crippen LogP contribution in [0.4, 0.5) is 4.39 Å². The number of hydrogen-bond donors (Lipinski definition) is 3. The summed E-state index contributed by atoms with van der Waals surface area (Å²) < 4.78 is 37.9. The zero-order valence-corrected chi connectivity index (χ0v) is 13.3. The molecule has 1 saturated heterocycles. The number of aliphatic hydroxyl groups is 1. The van der Waals surface area contributed by atoms with Crippen molar-refractivity contribution in [3.8, 4) is 0 Å². The van der Waals surface area contributed by atoms with E-state index in [4.69, 9.17) is 14.5 Å². The molecule has 0 aliphatic carbocycles. The van der Waals surface area contributed by atoms with Crippen LogP contribution in [0.1, 0.15) is 6.23 Å². The minimum Gasteiger partial charge on any atom is -0.387 e. The van der Waals surface area contributed by atoms with E-state index in [9.17, 15) is 14.1 Å². The maximum Gasteiger partial charge on any atom is 0.469 e. The third-order valence-corrected chi connectivity index (χ3v) is 4.41. The molecular weight excluding hydrogens is 360 g/mol. The van der Waals surface area contributed by atoms with Crippen LogP contribution < -0.4 is 0 Å². The fraction of sp³-hybridized carbons (Fsp3) is 0.417. The SMILES string of the molecule is O=P(O)(O)OC[C@H]1O[C@@H](n2cnc3c2ncn2ccnc32)[C@@H](F)[C@@H]1O. The van der Waals surface area contributed by atoms with E-state index in [0.717, 1.165) is 0 Å². The molecule has 134 valence electrons. The molecule has 0 saturated carbocycles. The van der Waals surface area contributed by atoms with Crippen molar-refractivity contribution in [1.82, 2.24) is 23.9 Å². The maximum absolute atomic E-state index is 14.5. The fourth-order valence-electron chi connectivity index (χ4n) is 2.77. The number of phosphoric acid groups is 1.